The Balaban J connectivity index is 2.63. The van der Waals surface area contributed by atoms with E-state index in [4.69, 9.17) is 5.11 Å². The van der Waals surface area contributed by atoms with E-state index in [1.807, 2.05) is 19.1 Å². The predicted molar refractivity (Wildman–Crippen MR) is 61.1 cm³/mol. The van der Waals surface area contributed by atoms with Crippen LogP contribution in [0.4, 0.5) is 0 Å². The van der Waals surface area contributed by atoms with Gasteiger partial charge in [-0.15, -0.1) is 0 Å². The minimum absolute atomic E-state index is 0.0582. The molecule has 2 heteroatoms. The summed E-state index contributed by atoms with van der Waals surface area (Å²) in [5, 5.41) is 9.13. The van der Waals surface area contributed by atoms with Crippen LogP contribution in [0.15, 0.2) is 24.3 Å². The molecular formula is C13H18O2. The summed E-state index contributed by atoms with van der Waals surface area (Å²) in [6.45, 7) is 4.00. The van der Waals surface area contributed by atoms with Crippen LogP contribution in [0.25, 0.3) is 0 Å². The van der Waals surface area contributed by atoms with Crippen LogP contribution in [0.3, 0.4) is 0 Å². The standard InChI is InChI=1S/C13H18O2/c1-3-4-5-13(15)10(2)11-6-8-12(14)9-7-11/h6-10,14H,3-5H2,1-2H3. The van der Waals surface area contributed by atoms with E-state index in [1.165, 1.54) is 0 Å². The van der Waals surface area contributed by atoms with Crippen molar-refractivity contribution in [2.75, 3.05) is 0 Å². The number of unbranched alkanes of at least 4 members (excludes halogenated alkanes) is 1. The van der Waals surface area contributed by atoms with Crippen molar-refractivity contribution in [3.63, 3.8) is 0 Å². The molecule has 82 valence electrons. The zero-order valence-electron chi connectivity index (χ0n) is 9.36. The zero-order chi connectivity index (χ0) is 11.3. The number of hydrogen-bond acceptors (Lipinski definition) is 2. The van der Waals surface area contributed by atoms with Gasteiger partial charge in [-0.3, -0.25) is 4.79 Å². The van der Waals surface area contributed by atoms with Crippen LogP contribution in [-0.4, -0.2) is 10.9 Å². The van der Waals surface area contributed by atoms with E-state index in [9.17, 15) is 4.79 Å². The van der Waals surface area contributed by atoms with Crippen molar-refractivity contribution in [2.24, 2.45) is 0 Å². The smallest absolute Gasteiger partial charge is 0.140 e. The molecule has 0 saturated carbocycles. The lowest BCUT2D eigenvalue weighted by Gasteiger charge is -2.10. The van der Waals surface area contributed by atoms with Gasteiger partial charge in [0.15, 0.2) is 0 Å². The minimum atomic E-state index is -0.0582. The molecule has 0 aliphatic carbocycles. The second-order valence-electron chi connectivity index (χ2n) is 3.88. The van der Waals surface area contributed by atoms with Crippen molar-refractivity contribution >= 4 is 5.78 Å². The minimum Gasteiger partial charge on any atom is -0.508 e. The number of aromatic hydroxyl groups is 1. The molecule has 0 fully saturated rings. The molecule has 2 nitrogen and oxygen atoms in total. The molecule has 0 aliphatic rings. The van der Waals surface area contributed by atoms with Gasteiger partial charge in [0.1, 0.15) is 11.5 Å². The number of benzene rings is 1. The third kappa shape index (κ3) is 3.39. The summed E-state index contributed by atoms with van der Waals surface area (Å²) in [5.41, 5.74) is 0.980. The highest BCUT2D eigenvalue weighted by atomic mass is 16.3. The summed E-state index contributed by atoms with van der Waals surface area (Å²) in [6.07, 6.45) is 2.66. The molecule has 1 atom stereocenters. The first-order chi connectivity index (χ1) is 7.15. The second kappa shape index (κ2) is 5.54. The third-order valence-corrected chi connectivity index (χ3v) is 2.65. The number of carbonyl (C=O) groups is 1. The van der Waals surface area contributed by atoms with Crippen molar-refractivity contribution < 1.29 is 9.90 Å². The Morgan fingerprint density at radius 3 is 2.47 bits per heavy atom. The van der Waals surface area contributed by atoms with Gasteiger partial charge in [0, 0.05) is 12.3 Å². The number of carbonyl (C=O) groups excluding carboxylic acids is 1. The fourth-order valence-corrected chi connectivity index (χ4v) is 1.52. The lowest BCUT2D eigenvalue weighted by molar-refractivity contribution is -0.120. The normalized spacial score (nSPS) is 12.4. The van der Waals surface area contributed by atoms with Crippen LogP contribution in [0.2, 0.25) is 0 Å². The van der Waals surface area contributed by atoms with E-state index in [0.29, 0.717) is 6.42 Å². The molecule has 0 aliphatic heterocycles. The fraction of sp³-hybridized carbons (Fsp3) is 0.462. The van der Waals surface area contributed by atoms with Gasteiger partial charge in [-0.25, -0.2) is 0 Å². The molecule has 1 aromatic carbocycles. The van der Waals surface area contributed by atoms with Gasteiger partial charge < -0.3 is 5.11 Å². The molecule has 0 saturated heterocycles. The van der Waals surface area contributed by atoms with Gasteiger partial charge in [-0.1, -0.05) is 32.4 Å². The Morgan fingerprint density at radius 2 is 1.93 bits per heavy atom. The molecule has 1 unspecified atom stereocenters. The summed E-state index contributed by atoms with van der Waals surface area (Å²) in [4.78, 5) is 11.7. The molecule has 0 spiro atoms. The van der Waals surface area contributed by atoms with Crippen molar-refractivity contribution in [1.29, 1.82) is 0 Å². The maximum absolute atomic E-state index is 11.7. The Labute approximate surface area is 90.9 Å². The van der Waals surface area contributed by atoms with Gasteiger partial charge in [0.25, 0.3) is 0 Å². The molecule has 0 aromatic heterocycles. The zero-order valence-corrected chi connectivity index (χ0v) is 9.36. The van der Waals surface area contributed by atoms with Gasteiger partial charge >= 0.3 is 0 Å². The quantitative estimate of drug-likeness (QED) is 0.802. The maximum atomic E-state index is 11.7. The van der Waals surface area contributed by atoms with E-state index < -0.39 is 0 Å². The van der Waals surface area contributed by atoms with Crippen LogP contribution in [0, 0.1) is 0 Å². The number of phenolic OH excluding ortho intramolecular Hbond substituents is 1. The van der Waals surface area contributed by atoms with Gasteiger partial charge in [0.2, 0.25) is 0 Å². The van der Waals surface area contributed by atoms with Crippen LogP contribution >= 0.6 is 0 Å². The summed E-state index contributed by atoms with van der Waals surface area (Å²) < 4.78 is 0. The number of ketones is 1. The van der Waals surface area contributed by atoms with Gasteiger partial charge in [-0.05, 0) is 24.1 Å². The summed E-state index contributed by atoms with van der Waals surface area (Å²) >= 11 is 0. The first-order valence-electron chi connectivity index (χ1n) is 5.46. The van der Waals surface area contributed by atoms with Crippen LogP contribution in [-0.2, 0) is 4.79 Å². The fourth-order valence-electron chi connectivity index (χ4n) is 1.52. The Morgan fingerprint density at radius 1 is 1.33 bits per heavy atom. The molecule has 0 heterocycles. The van der Waals surface area contributed by atoms with Crippen molar-refractivity contribution in [1.82, 2.24) is 0 Å². The third-order valence-electron chi connectivity index (χ3n) is 2.65. The Bertz CT molecular complexity index is 314. The van der Waals surface area contributed by atoms with E-state index in [2.05, 4.69) is 6.92 Å². The molecule has 1 rings (SSSR count). The topological polar surface area (TPSA) is 37.3 Å². The number of phenols is 1. The predicted octanol–water partition coefficient (Wildman–Crippen LogP) is 3.26. The first kappa shape index (κ1) is 11.8. The number of rotatable bonds is 5. The summed E-state index contributed by atoms with van der Waals surface area (Å²) in [7, 11) is 0. The van der Waals surface area contributed by atoms with Crippen LogP contribution in [0.1, 0.15) is 44.6 Å². The van der Waals surface area contributed by atoms with E-state index in [0.717, 1.165) is 18.4 Å². The largest absolute Gasteiger partial charge is 0.508 e. The van der Waals surface area contributed by atoms with Gasteiger partial charge in [-0.2, -0.15) is 0 Å². The SMILES string of the molecule is CCCCC(=O)C(C)c1ccc(O)cc1. The van der Waals surface area contributed by atoms with Crippen molar-refractivity contribution in [3.8, 4) is 5.75 Å². The number of Topliss-reactive ketones (excluding diaryl/α,β-unsaturated/α-hetero) is 1. The first-order valence-corrected chi connectivity index (χ1v) is 5.46. The highest BCUT2D eigenvalue weighted by Crippen LogP contribution is 2.21. The van der Waals surface area contributed by atoms with Crippen molar-refractivity contribution in [3.05, 3.63) is 29.8 Å². The lowest BCUT2D eigenvalue weighted by Crippen LogP contribution is -2.08. The second-order valence-corrected chi connectivity index (χ2v) is 3.88. The Hall–Kier alpha value is -1.31. The highest BCUT2D eigenvalue weighted by molar-refractivity contribution is 5.85. The molecule has 0 radical (unpaired) electrons. The summed E-state index contributed by atoms with van der Waals surface area (Å²) in [6, 6.07) is 6.87. The molecule has 15 heavy (non-hydrogen) atoms. The summed E-state index contributed by atoms with van der Waals surface area (Å²) in [5.74, 6) is 0.464. The van der Waals surface area contributed by atoms with Gasteiger partial charge in [0.05, 0.1) is 0 Å². The van der Waals surface area contributed by atoms with Crippen LogP contribution < -0.4 is 0 Å². The van der Waals surface area contributed by atoms with E-state index in [-0.39, 0.29) is 17.5 Å². The van der Waals surface area contributed by atoms with E-state index in [1.54, 1.807) is 12.1 Å². The molecule has 1 aromatic rings. The van der Waals surface area contributed by atoms with Crippen LogP contribution in [0.5, 0.6) is 5.75 Å². The molecular weight excluding hydrogens is 188 g/mol. The molecule has 0 amide bonds. The Kier molecular flexibility index (Phi) is 4.35. The molecule has 0 bridgehead atoms. The van der Waals surface area contributed by atoms with E-state index >= 15 is 0 Å². The lowest BCUT2D eigenvalue weighted by atomic mass is 9.94. The average molecular weight is 206 g/mol. The maximum Gasteiger partial charge on any atom is 0.140 e. The molecule has 1 N–H and O–H groups in total. The monoisotopic (exact) mass is 206 g/mol. The van der Waals surface area contributed by atoms with Crippen molar-refractivity contribution in [2.45, 2.75) is 39.0 Å². The number of hydrogen-bond donors (Lipinski definition) is 1. The highest BCUT2D eigenvalue weighted by Gasteiger charge is 2.13. The average Bonchev–Trinajstić information content (AvgIpc) is 2.26.